The molecule has 0 saturated carbocycles. The number of amides is 1. The Hall–Kier alpha value is -2.54. The molecule has 2 heterocycles. The van der Waals surface area contributed by atoms with Gasteiger partial charge in [0.05, 0.1) is 24.5 Å². The minimum atomic E-state index is -2.97. The van der Waals surface area contributed by atoms with Crippen LogP contribution in [-0.2, 0) is 4.79 Å². The minimum Gasteiger partial charge on any atom is -0.508 e. The van der Waals surface area contributed by atoms with Crippen molar-refractivity contribution >= 4 is 5.91 Å². The zero-order chi connectivity index (χ0) is 21.5. The molecule has 0 aromatic heterocycles. The van der Waals surface area contributed by atoms with Gasteiger partial charge in [0.1, 0.15) is 11.6 Å². The molecule has 30 heavy (non-hydrogen) atoms. The number of aromatic hydroxyl groups is 1. The molecule has 3 atom stereocenters. The predicted octanol–water partition coefficient (Wildman–Crippen LogP) is 4.32. The highest BCUT2D eigenvalue weighted by atomic mass is 19.3. The fourth-order valence-corrected chi connectivity index (χ4v) is 4.68. The summed E-state index contributed by atoms with van der Waals surface area (Å²) in [6.07, 6.45) is 0.749. The van der Waals surface area contributed by atoms with Crippen LogP contribution in [0.15, 0.2) is 48.5 Å². The Morgan fingerprint density at radius 3 is 2.33 bits per heavy atom. The van der Waals surface area contributed by atoms with Crippen LogP contribution in [0.1, 0.15) is 42.9 Å². The Labute approximate surface area is 173 Å². The zero-order valence-electron chi connectivity index (χ0n) is 16.8. The zero-order valence-corrected chi connectivity index (χ0v) is 16.8. The molecule has 0 radical (unpaired) electrons. The summed E-state index contributed by atoms with van der Waals surface area (Å²) >= 11 is 0. The molecule has 0 spiro atoms. The molecular weight excluding hydrogens is 393 g/mol. The molecule has 4 nitrogen and oxygen atoms in total. The second-order valence-corrected chi connectivity index (χ2v) is 8.23. The van der Waals surface area contributed by atoms with Crippen LogP contribution in [0, 0.1) is 5.82 Å². The van der Waals surface area contributed by atoms with Crippen molar-refractivity contribution in [2.45, 2.75) is 43.7 Å². The first-order chi connectivity index (χ1) is 14.3. The number of nitrogens with zero attached hydrogens (tertiary/aromatic N) is 2. The number of carbonyl (C=O) groups excluding carboxylic acids is 1. The Morgan fingerprint density at radius 2 is 1.70 bits per heavy atom. The highest BCUT2D eigenvalue weighted by Gasteiger charge is 2.49. The maximum atomic E-state index is 15.0. The van der Waals surface area contributed by atoms with Crippen LogP contribution in [-0.4, -0.2) is 52.4 Å². The molecule has 2 fully saturated rings. The first kappa shape index (κ1) is 20.7. The summed E-state index contributed by atoms with van der Waals surface area (Å²) in [5.41, 5.74) is 1.32. The van der Waals surface area contributed by atoms with Crippen molar-refractivity contribution in [1.29, 1.82) is 0 Å². The normalized spacial score (nSPS) is 25.5. The van der Waals surface area contributed by atoms with Crippen molar-refractivity contribution in [2.75, 3.05) is 19.6 Å². The van der Waals surface area contributed by atoms with Gasteiger partial charge in [0.15, 0.2) is 0 Å². The van der Waals surface area contributed by atoms with Crippen LogP contribution >= 0.6 is 0 Å². The number of likely N-dealkylation sites (tertiary alicyclic amines) is 2. The Bertz CT molecular complexity index is 902. The summed E-state index contributed by atoms with van der Waals surface area (Å²) in [6.45, 7) is 2.31. The van der Waals surface area contributed by atoms with E-state index < -0.39 is 24.4 Å². The van der Waals surface area contributed by atoms with Gasteiger partial charge in [0.2, 0.25) is 5.91 Å². The topological polar surface area (TPSA) is 43.8 Å². The van der Waals surface area contributed by atoms with Gasteiger partial charge in [0, 0.05) is 6.54 Å². The Morgan fingerprint density at radius 1 is 1.03 bits per heavy atom. The van der Waals surface area contributed by atoms with Crippen molar-refractivity contribution in [1.82, 2.24) is 9.80 Å². The van der Waals surface area contributed by atoms with E-state index in [1.807, 2.05) is 6.92 Å². The van der Waals surface area contributed by atoms with Gasteiger partial charge in [-0.3, -0.25) is 9.69 Å². The lowest BCUT2D eigenvalue weighted by Gasteiger charge is -2.40. The summed E-state index contributed by atoms with van der Waals surface area (Å²) in [5, 5.41) is 9.41. The molecular formula is C23H25F3N2O2. The average Bonchev–Trinajstić information content (AvgIpc) is 3.09. The van der Waals surface area contributed by atoms with E-state index in [4.69, 9.17) is 0 Å². The van der Waals surface area contributed by atoms with E-state index >= 15 is 0 Å². The van der Waals surface area contributed by atoms with E-state index in [-0.39, 0.29) is 29.9 Å². The van der Waals surface area contributed by atoms with Gasteiger partial charge < -0.3 is 10.0 Å². The largest absolute Gasteiger partial charge is 0.508 e. The number of benzene rings is 2. The van der Waals surface area contributed by atoms with Crippen molar-refractivity contribution in [2.24, 2.45) is 0 Å². The standard InChI is InChI=1S/C23H25F3N2O2/c1-15(16-2-6-18(24)7-3-16)28-13-11-21(22(28)30)27-12-10-20(23(25,26)14-27)17-4-8-19(29)9-5-17/h2-9,15,20-21,29H,10-14H2,1H3/t15-,20+,21+/m0/s1. The van der Waals surface area contributed by atoms with Crippen LogP contribution < -0.4 is 0 Å². The first-order valence-electron chi connectivity index (χ1n) is 10.2. The van der Waals surface area contributed by atoms with Crippen LogP contribution in [0.2, 0.25) is 0 Å². The number of phenolic OH excluding ortho intramolecular Hbond substituents is 1. The van der Waals surface area contributed by atoms with Crippen molar-refractivity contribution in [3.63, 3.8) is 0 Å². The highest BCUT2D eigenvalue weighted by Crippen LogP contribution is 2.42. The van der Waals surface area contributed by atoms with E-state index in [0.29, 0.717) is 25.1 Å². The first-order valence-corrected chi connectivity index (χ1v) is 10.2. The molecule has 0 unspecified atom stereocenters. The fraction of sp³-hybridized carbons (Fsp3) is 0.435. The van der Waals surface area contributed by atoms with Gasteiger partial charge >= 0.3 is 0 Å². The lowest BCUT2D eigenvalue weighted by atomic mass is 9.85. The van der Waals surface area contributed by atoms with Gasteiger partial charge in [-0.05, 0) is 61.7 Å². The van der Waals surface area contributed by atoms with Crippen LogP contribution in [0.4, 0.5) is 13.2 Å². The van der Waals surface area contributed by atoms with Gasteiger partial charge in [0.25, 0.3) is 5.92 Å². The third-order valence-electron chi connectivity index (χ3n) is 6.40. The third-order valence-corrected chi connectivity index (χ3v) is 6.40. The van der Waals surface area contributed by atoms with E-state index in [9.17, 15) is 23.1 Å². The molecule has 2 aromatic carbocycles. The van der Waals surface area contributed by atoms with E-state index in [0.717, 1.165) is 5.56 Å². The average molecular weight is 418 g/mol. The number of piperidine rings is 1. The fourth-order valence-electron chi connectivity index (χ4n) is 4.68. The third kappa shape index (κ3) is 3.90. The number of hydrogen-bond acceptors (Lipinski definition) is 3. The molecule has 7 heteroatoms. The number of hydrogen-bond donors (Lipinski definition) is 1. The summed E-state index contributed by atoms with van der Waals surface area (Å²) in [7, 11) is 0. The maximum Gasteiger partial charge on any atom is 0.267 e. The molecule has 4 rings (SSSR count). The van der Waals surface area contributed by atoms with Crippen LogP contribution in [0.5, 0.6) is 5.75 Å². The molecule has 2 aliphatic rings. The lowest BCUT2D eigenvalue weighted by molar-refractivity contribution is -0.139. The molecule has 0 aliphatic carbocycles. The summed E-state index contributed by atoms with van der Waals surface area (Å²) < 4.78 is 43.1. The van der Waals surface area contributed by atoms with Gasteiger partial charge in [-0.15, -0.1) is 0 Å². The number of phenols is 1. The SMILES string of the molecule is C[C@@H](c1ccc(F)cc1)N1CC[C@@H](N2CC[C@H](c3ccc(O)cc3)C(F)(F)C2)C1=O. The number of halogens is 3. The smallest absolute Gasteiger partial charge is 0.267 e. The molecule has 2 saturated heterocycles. The van der Waals surface area contributed by atoms with Crippen molar-refractivity contribution < 1.29 is 23.1 Å². The minimum absolute atomic E-state index is 0.0476. The molecule has 0 bridgehead atoms. The lowest BCUT2D eigenvalue weighted by Crippen LogP contribution is -2.53. The molecule has 160 valence electrons. The summed E-state index contributed by atoms with van der Waals surface area (Å²) in [5.74, 6) is -4.33. The van der Waals surface area contributed by atoms with E-state index in [2.05, 4.69) is 0 Å². The second-order valence-electron chi connectivity index (χ2n) is 8.23. The molecule has 2 aromatic rings. The highest BCUT2D eigenvalue weighted by molar-refractivity contribution is 5.84. The second kappa shape index (κ2) is 7.95. The quantitative estimate of drug-likeness (QED) is 0.804. The molecule has 1 N–H and O–H groups in total. The van der Waals surface area contributed by atoms with Crippen LogP contribution in [0.25, 0.3) is 0 Å². The Kier molecular flexibility index (Phi) is 5.49. The number of rotatable bonds is 4. The van der Waals surface area contributed by atoms with Crippen LogP contribution in [0.3, 0.4) is 0 Å². The molecule has 2 aliphatic heterocycles. The van der Waals surface area contributed by atoms with Gasteiger partial charge in [-0.2, -0.15) is 0 Å². The van der Waals surface area contributed by atoms with Gasteiger partial charge in [-0.25, -0.2) is 13.2 Å². The maximum absolute atomic E-state index is 15.0. The van der Waals surface area contributed by atoms with Crippen molar-refractivity contribution in [3.8, 4) is 5.75 Å². The van der Waals surface area contributed by atoms with Gasteiger partial charge in [-0.1, -0.05) is 24.3 Å². The number of alkyl halides is 2. The molecule has 1 amide bonds. The summed E-state index contributed by atoms with van der Waals surface area (Å²) in [4.78, 5) is 16.3. The van der Waals surface area contributed by atoms with Crippen molar-refractivity contribution in [3.05, 3.63) is 65.5 Å². The monoisotopic (exact) mass is 418 g/mol. The summed E-state index contributed by atoms with van der Waals surface area (Å²) in [6, 6.07) is 11.2. The number of carbonyl (C=O) groups is 1. The van der Waals surface area contributed by atoms with E-state index in [1.54, 1.807) is 21.9 Å². The Balaban J connectivity index is 1.44. The predicted molar refractivity (Wildman–Crippen MR) is 107 cm³/mol. The van der Waals surface area contributed by atoms with E-state index in [1.165, 1.54) is 36.4 Å².